The molecule has 2 aromatic heterocycles. The van der Waals surface area contributed by atoms with Crippen LogP contribution in [-0.4, -0.2) is 53.5 Å². The second-order valence-electron chi connectivity index (χ2n) is 6.58. The first kappa shape index (κ1) is 17.4. The zero-order chi connectivity index (χ0) is 19.1. The zero-order valence-electron chi connectivity index (χ0n) is 15.7. The molecule has 0 atom stereocenters. The SMILES string of the molecule is CCN(CC)C(=O)c1ncn2c1Cn1nnc(C)c1-c1cc(CO)ccc1-2. The van der Waals surface area contributed by atoms with E-state index in [4.69, 9.17) is 0 Å². The highest BCUT2D eigenvalue weighted by Crippen LogP contribution is 2.34. The number of carbonyl (C=O) groups is 1. The number of nitrogens with zero attached hydrogens (tertiary/aromatic N) is 6. The largest absolute Gasteiger partial charge is 0.392 e. The Labute approximate surface area is 157 Å². The highest BCUT2D eigenvalue weighted by Gasteiger charge is 2.28. The van der Waals surface area contributed by atoms with E-state index in [9.17, 15) is 9.90 Å². The van der Waals surface area contributed by atoms with Crippen LogP contribution in [0.1, 0.15) is 41.3 Å². The Morgan fingerprint density at radius 1 is 1.30 bits per heavy atom. The number of amides is 1. The van der Waals surface area contributed by atoms with Gasteiger partial charge in [-0.1, -0.05) is 11.3 Å². The summed E-state index contributed by atoms with van der Waals surface area (Å²) in [6, 6.07) is 5.77. The quantitative estimate of drug-likeness (QED) is 0.595. The van der Waals surface area contributed by atoms with Gasteiger partial charge in [-0.2, -0.15) is 0 Å². The molecule has 1 aliphatic rings. The molecule has 1 aromatic carbocycles. The van der Waals surface area contributed by atoms with E-state index in [0.29, 0.717) is 25.3 Å². The number of fused-ring (bicyclic) bond motifs is 5. The van der Waals surface area contributed by atoms with Crippen LogP contribution in [-0.2, 0) is 13.2 Å². The summed E-state index contributed by atoms with van der Waals surface area (Å²) in [6.45, 7) is 7.45. The van der Waals surface area contributed by atoms with Gasteiger partial charge in [0.2, 0.25) is 0 Å². The Morgan fingerprint density at radius 3 is 2.78 bits per heavy atom. The molecule has 140 valence electrons. The number of carbonyl (C=O) groups excluding carboxylic acids is 1. The molecule has 27 heavy (non-hydrogen) atoms. The molecule has 0 aliphatic carbocycles. The zero-order valence-corrected chi connectivity index (χ0v) is 15.7. The number of aryl methyl sites for hydroxylation is 1. The first-order valence-corrected chi connectivity index (χ1v) is 9.09. The summed E-state index contributed by atoms with van der Waals surface area (Å²) in [5, 5.41) is 18.0. The van der Waals surface area contributed by atoms with Gasteiger partial charge in [0.25, 0.3) is 5.91 Å². The van der Waals surface area contributed by atoms with Crippen molar-refractivity contribution >= 4 is 5.91 Å². The fourth-order valence-corrected chi connectivity index (χ4v) is 3.64. The molecule has 0 saturated carbocycles. The molecule has 0 fully saturated rings. The van der Waals surface area contributed by atoms with E-state index in [0.717, 1.165) is 33.9 Å². The number of hydrogen-bond donors (Lipinski definition) is 1. The molecule has 3 heterocycles. The fraction of sp³-hybridized carbons (Fsp3) is 0.368. The van der Waals surface area contributed by atoms with Crippen molar-refractivity contribution in [3.05, 3.63) is 47.2 Å². The molecule has 4 rings (SSSR count). The molecule has 0 saturated heterocycles. The van der Waals surface area contributed by atoms with Crippen molar-refractivity contribution in [2.45, 2.75) is 33.9 Å². The van der Waals surface area contributed by atoms with Crippen LogP contribution < -0.4 is 0 Å². The monoisotopic (exact) mass is 366 g/mol. The van der Waals surface area contributed by atoms with Gasteiger partial charge in [-0.05, 0) is 38.5 Å². The molecule has 0 unspecified atom stereocenters. The molecule has 8 nitrogen and oxygen atoms in total. The lowest BCUT2D eigenvalue weighted by atomic mass is 10.0. The normalized spacial score (nSPS) is 12.1. The highest BCUT2D eigenvalue weighted by atomic mass is 16.3. The van der Waals surface area contributed by atoms with Gasteiger partial charge in [-0.25, -0.2) is 9.67 Å². The third kappa shape index (κ3) is 2.64. The molecule has 0 bridgehead atoms. The number of benzene rings is 1. The summed E-state index contributed by atoms with van der Waals surface area (Å²) in [7, 11) is 0. The van der Waals surface area contributed by atoms with Crippen LogP contribution in [0.4, 0.5) is 0 Å². The van der Waals surface area contributed by atoms with Crippen molar-refractivity contribution in [1.82, 2.24) is 29.4 Å². The molecule has 1 N–H and O–H groups in total. The van der Waals surface area contributed by atoms with Crippen molar-refractivity contribution < 1.29 is 9.90 Å². The summed E-state index contributed by atoms with van der Waals surface area (Å²) in [6.07, 6.45) is 1.69. The average molecular weight is 366 g/mol. The van der Waals surface area contributed by atoms with Gasteiger partial charge >= 0.3 is 0 Å². The molecule has 8 heteroatoms. The topological polar surface area (TPSA) is 89.1 Å². The maximum Gasteiger partial charge on any atom is 0.274 e. The Balaban J connectivity index is 1.95. The minimum Gasteiger partial charge on any atom is -0.392 e. The van der Waals surface area contributed by atoms with Crippen LogP contribution >= 0.6 is 0 Å². The molecular weight excluding hydrogens is 344 g/mol. The predicted octanol–water partition coefficient (Wildman–Crippen LogP) is 1.78. The fourth-order valence-electron chi connectivity index (χ4n) is 3.64. The second kappa shape index (κ2) is 6.62. The molecular formula is C19H22N6O2. The highest BCUT2D eigenvalue weighted by molar-refractivity contribution is 5.94. The van der Waals surface area contributed by atoms with Crippen LogP contribution in [0.5, 0.6) is 0 Å². The third-order valence-corrected chi connectivity index (χ3v) is 5.08. The number of rotatable bonds is 4. The van der Waals surface area contributed by atoms with E-state index in [2.05, 4.69) is 15.3 Å². The number of aliphatic hydroxyl groups is 1. The van der Waals surface area contributed by atoms with Crippen molar-refractivity contribution in [1.29, 1.82) is 0 Å². The van der Waals surface area contributed by atoms with E-state index >= 15 is 0 Å². The number of aliphatic hydroxyl groups excluding tert-OH is 1. The summed E-state index contributed by atoms with van der Waals surface area (Å²) in [5.41, 5.74) is 5.56. The Kier molecular flexibility index (Phi) is 4.27. The lowest BCUT2D eigenvalue weighted by molar-refractivity contribution is 0.0766. The third-order valence-electron chi connectivity index (χ3n) is 5.08. The van der Waals surface area contributed by atoms with E-state index in [-0.39, 0.29) is 12.5 Å². The predicted molar refractivity (Wildman–Crippen MR) is 99.6 cm³/mol. The van der Waals surface area contributed by atoms with Crippen molar-refractivity contribution in [3.63, 3.8) is 0 Å². The molecule has 0 radical (unpaired) electrons. The lowest BCUT2D eigenvalue weighted by Gasteiger charge is -2.18. The minimum atomic E-state index is -0.0810. The summed E-state index contributed by atoms with van der Waals surface area (Å²) in [4.78, 5) is 19.2. The van der Waals surface area contributed by atoms with Gasteiger partial charge in [0.15, 0.2) is 5.69 Å². The Morgan fingerprint density at radius 2 is 2.07 bits per heavy atom. The molecule has 1 amide bonds. The van der Waals surface area contributed by atoms with Crippen LogP contribution in [0.3, 0.4) is 0 Å². The van der Waals surface area contributed by atoms with Crippen molar-refractivity contribution in [2.75, 3.05) is 13.1 Å². The van der Waals surface area contributed by atoms with E-state index in [1.54, 1.807) is 15.9 Å². The van der Waals surface area contributed by atoms with E-state index < -0.39 is 0 Å². The van der Waals surface area contributed by atoms with Gasteiger partial charge < -0.3 is 10.0 Å². The van der Waals surface area contributed by atoms with E-state index in [1.165, 1.54) is 0 Å². The smallest absolute Gasteiger partial charge is 0.274 e. The van der Waals surface area contributed by atoms with Crippen LogP contribution in [0.15, 0.2) is 24.5 Å². The van der Waals surface area contributed by atoms with Crippen LogP contribution in [0.25, 0.3) is 16.9 Å². The van der Waals surface area contributed by atoms with E-state index in [1.807, 2.05) is 43.5 Å². The van der Waals surface area contributed by atoms with Gasteiger partial charge in [-0.3, -0.25) is 9.36 Å². The number of hydrogen-bond acceptors (Lipinski definition) is 5. The second-order valence-corrected chi connectivity index (χ2v) is 6.58. The summed E-state index contributed by atoms with van der Waals surface area (Å²) >= 11 is 0. The maximum absolute atomic E-state index is 13.0. The molecule has 3 aromatic rings. The summed E-state index contributed by atoms with van der Waals surface area (Å²) < 4.78 is 3.75. The lowest BCUT2D eigenvalue weighted by Crippen LogP contribution is -2.31. The van der Waals surface area contributed by atoms with Crippen LogP contribution in [0, 0.1) is 6.92 Å². The Bertz CT molecular complexity index is 1020. The van der Waals surface area contributed by atoms with Gasteiger partial charge in [0, 0.05) is 18.7 Å². The first-order valence-electron chi connectivity index (χ1n) is 9.09. The average Bonchev–Trinajstić information content (AvgIpc) is 3.22. The van der Waals surface area contributed by atoms with Gasteiger partial charge in [0.05, 0.1) is 35.9 Å². The van der Waals surface area contributed by atoms with Gasteiger partial charge in [-0.15, -0.1) is 5.10 Å². The summed E-state index contributed by atoms with van der Waals surface area (Å²) in [5.74, 6) is -0.0810. The Hall–Kier alpha value is -3.00. The standard InChI is InChI=1S/C19H22N6O2/c1-4-23(5-2)19(27)17-16-9-25-18(12(3)21-22-25)14-8-13(10-26)6-7-15(14)24(16)11-20-17/h6-8,11,26H,4-5,9-10H2,1-3H3. The minimum absolute atomic E-state index is 0.0453. The number of aromatic nitrogens is 5. The van der Waals surface area contributed by atoms with Crippen molar-refractivity contribution in [2.24, 2.45) is 0 Å². The van der Waals surface area contributed by atoms with Crippen LogP contribution in [0.2, 0.25) is 0 Å². The molecule has 1 aliphatic heterocycles. The first-order chi connectivity index (χ1) is 13.1. The maximum atomic E-state index is 13.0. The number of imidazole rings is 1. The molecule has 0 spiro atoms. The van der Waals surface area contributed by atoms with Gasteiger partial charge in [0.1, 0.15) is 6.33 Å². The van der Waals surface area contributed by atoms with Crippen molar-refractivity contribution in [3.8, 4) is 16.9 Å².